The van der Waals surface area contributed by atoms with Gasteiger partial charge in [-0.25, -0.2) is 12.8 Å². The average molecular weight is 486 g/mol. The van der Waals surface area contributed by atoms with Crippen LogP contribution in [0.25, 0.3) is 0 Å². The van der Waals surface area contributed by atoms with Gasteiger partial charge >= 0.3 is 5.97 Å². The Bertz CT molecular complexity index is 1070. The Morgan fingerprint density at radius 1 is 1.06 bits per heavy atom. The summed E-state index contributed by atoms with van der Waals surface area (Å²) in [6, 6.07) is 10.7. The predicted molar refractivity (Wildman–Crippen MR) is 113 cm³/mol. The Morgan fingerprint density at radius 2 is 1.59 bits per heavy atom. The molecular formula is C21H21ClFNO7S. The van der Waals surface area contributed by atoms with E-state index in [1.165, 1.54) is 48.5 Å². The van der Waals surface area contributed by atoms with Gasteiger partial charge in [-0.2, -0.15) is 4.31 Å². The van der Waals surface area contributed by atoms with E-state index in [-0.39, 0.29) is 31.0 Å². The van der Waals surface area contributed by atoms with Crippen LogP contribution in [0.4, 0.5) is 4.39 Å². The van der Waals surface area contributed by atoms with Crippen LogP contribution in [0.15, 0.2) is 53.4 Å². The summed E-state index contributed by atoms with van der Waals surface area (Å²) in [7, 11) is -4.29. The van der Waals surface area contributed by atoms with E-state index in [2.05, 4.69) is 0 Å². The van der Waals surface area contributed by atoms with Crippen LogP contribution in [0.2, 0.25) is 0 Å². The van der Waals surface area contributed by atoms with Crippen molar-refractivity contribution < 1.29 is 37.0 Å². The van der Waals surface area contributed by atoms with Gasteiger partial charge in [-0.3, -0.25) is 9.59 Å². The lowest BCUT2D eigenvalue weighted by molar-refractivity contribution is -0.138. The zero-order chi connectivity index (χ0) is 23.4. The minimum Gasteiger partial charge on any atom is -0.481 e. The molecule has 11 heteroatoms. The first kappa shape index (κ1) is 24.1. The van der Waals surface area contributed by atoms with E-state index in [0.29, 0.717) is 11.5 Å². The van der Waals surface area contributed by atoms with Gasteiger partial charge in [0.1, 0.15) is 22.9 Å². The SMILES string of the molecule is O=C(O)CCN(C1(C(=O)Cl)CCOCC1)S(=O)(=O)c1ccc(Oc2ccc(F)cc2)cc1. The molecule has 8 nitrogen and oxygen atoms in total. The molecule has 1 heterocycles. The highest BCUT2D eigenvalue weighted by Gasteiger charge is 2.50. The second-order valence-corrected chi connectivity index (χ2v) is 9.37. The van der Waals surface area contributed by atoms with Crippen LogP contribution < -0.4 is 4.74 Å². The molecule has 0 aromatic heterocycles. The lowest BCUT2D eigenvalue weighted by atomic mass is 9.91. The summed E-state index contributed by atoms with van der Waals surface area (Å²) >= 11 is 5.85. The molecule has 0 saturated carbocycles. The molecule has 32 heavy (non-hydrogen) atoms. The van der Waals surface area contributed by atoms with Gasteiger partial charge in [-0.1, -0.05) is 0 Å². The molecule has 2 aromatic carbocycles. The number of nitrogens with zero attached hydrogens (tertiary/aromatic N) is 1. The monoisotopic (exact) mass is 485 g/mol. The van der Waals surface area contributed by atoms with E-state index < -0.39 is 45.6 Å². The van der Waals surface area contributed by atoms with Crippen molar-refractivity contribution in [2.24, 2.45) is 0 Å². The van der Waals surface area contributed by atoms with Crippen molar-refractivity contribution in [3.05, 3.63) is 54.3 Å². The van der Waals surface area contributed by atoms with Gasteiger partial charge in [0.25, 0.3) is 0 Å². The number of hydrogen-bond acceptors (Lipinski definition) is 6. The van der Waals surface area contributed by atoms with Gasteiger partial charge in [0, 0.05) is 19.8 Å². The van der Waals surface area contributed by atoms with Gasteiger partial charge in [-0.15, -0.1) is 0 Å². The molecule has 1 N–H and O–H groups in total. The van der Waals surface area contributed by atoms with Gasteiger partial charge in [0.05, 0.1) is 11.3 Å². The fourth-order valence-electron chi connectivity index (χ4n) is 3.46. The number of ether oxygens (including phenoxy) is 2. The fraction of sp³-hybridized carbons (Fsp3) is 0.333. The summed E-state index contributed by atoms with van der Waals surface area (Å²) in [4.78, 5) is 23.4. The maximum atomic E-state index is 13.5. The molecule has 1 saturated heterocycles. The van der Waals surface area contributed by atoms with Crippen molar-refractivity contribution in [3.63, 3.8) is 0 Å². The van der Waals surface area contributed by atoms with E-state index in [4.69, 9.17) is 26.2 Å². The molecule has 3 rings (SSSR count). The van der Waals surface area contributed by atoms with Crippen molar-refractivity contribution in [2.75, 3.05) is 19.8 Å². The van der Waals surface area contributed by atoms with Crippen LogP contribution in [0.5, 0.6) is 11.5 Å². The number of rotatable bonds is 9. The Hall–Kier alpha value is -2.53. The van der Waals surface area contributed by atoms with Crippen LogP contribution in [0.1, 0.15) is 19.3 Å². The number of benzene rings is 2. The molecule has 1 fully saturated rings. The lowest BCUT2D eigenvalue weighted by Crippen LogP contribution is -2.58. The van der Waals surface area contributed by atoms with Crippen molar-refractivity contribution in [3.8, 4) is 11.5 Å². The van der Waals surface area contributed by atoms with Crippen LogP contribution in [-0.4, -0.2) is 54.3 Å². The number of carboxylic acids is 1. The summed E-state index contributed by atoms with van der Waals surface area (Å²) in [5.74, 6) is -0.963. The number of sulfonamides is 1. The van der Waals surface area contributed by atoms with E-state index in [9.17, 15) is 22.4 Å². The summed E-state index contributed by atoms with van der Waals surface area (Å²) in [5, 5.41) is 8.23. The van der Waals surface area contributed by atoms with Crippen LogP contribution in [0.3, 0.4) is 0 Å². The van der Waals surface area contributed by atoms with Crippen LogP contribution >= 0.6 is 11.6 Å². The van der Waals surface area contributed by atoms with Crippen molar-refractivity contribution >= 4 is 32.8 Å². The molecule has 1 aliphatic heterocycles. The maximum Gasteiger partial charge on any atom is 0.304 e. The minimum atomic E-state index is -4.29. The number of carbonyl (C=O) groups excluding carboxylic acids is 1. The van der Waals surface area contributed by atoms with Crippen LogP contribution in [0, 0.1) is 5.82 Å². The third-order valence-electron chi connectivity index (χ3n) is 5.15. The molecule has 0 atom stereocenters. The Morgan fingerprint density at radius 3 is 2.09 bits per heavy atom. The van der Waals surface area contributed by atoms with Gasteiger partial charge < -0.3 is 14.6 Å². The van der Waals surface area contributed by atoms with Crippen molar-refractivity contribution in [1.82, 2.24) is 4.31 Å². The predicted octanol–water partition coefficient (Wildman–Crippen LogP) is 3.40. The zero-order valence-electron chi connectivity index (χ0n) is 16.9. The quantitative estimate of drug-likeness (QED) is 0.542. The number of halogens is 2. The van der Waals surface area contributed by atoms with Crippen LogP contribution in [-0.2, 0) is 24.3 Å². The Kier molecular flexibility index (Phi) is 7.50. The second-order valence-electron chi connectivity index (χ2n) is 7.17. The van der Waals surface area contributed by atoms with Gasteiger partial charge in [0.15, 0.2) is 0 Å². The molecule has 2 aromatic rings. The van der Waals surface area contributed by atoms with E-state index in [1.54, 1.807) is 0 Å². The largest absolute Gasteiger partial charge is 0.481 e. The molecule has 172 valence electrons. The van der Waals surface area contributed by atoms with Gasteiger partial charge in [0.2, 0.25) is 15.3 Å². The first-order valence-electron chi connectivity index (χ1n) is 9.71. The molecule has 0 bridgehead atoms. The fourth-order valence-corrected chi connectivity index (χ4v) is 5.59. The summed E-state index contributed by atoms with van der Waals surface area (Å²) in [6.45, 7) is -0.200. The summed E-state index contributed by atoms with van der Waals surface area (Å²) in [6.07, 6.45) is -0.475. The maximum absolute atomic E-state index is 13.5. The smallest absolute Gasteiger partial charge is 0.304 e. The number of hydrogen-bond donors (Lipinski definition) is 1. The zero-order valence-corrected chi connectivity index (χ0v) is 18.4. The van der Waals surface area contributed by atoms with Crippen molar-refractivity contribution in [1.29, 1.82) is 0 Å². The van der Waals surface area contributed by atoms with E-state index in [0.717, 1.165) is 4.31 Å². The second kappa shape index (κ2) is 9.95. The Balaban J connectivity index is 1.92. The lowest BCUT2D eigenvalue weighted by Gasteiger charge is -2.42. The molecule has 1 aliphatic rings. The van der Waals surface area contributed by atoms with E-state index in [1.807, 2.05) is 0 Å². The highest BCUT2D eigenvalue weighted by Crippen LogP contribution is 2.36. The molecule has 0 radical (unpaired) electrons. The standard InChI is InChI=1S/C21H21ClFNO7S/c22-20(27)21(10-13-30-14-11-21)24(12-9-19(25)26)32(28,29)18-7-5-17(6-8-18)31-16-3-1-15(23)2-4-16/h1-8H,9-14H2,(H,25,26). The summed E-state index contributed by atoms with van der Waals surface area (Å²) < 4.78 is 51.7. The molecule has 0 unspecified atom stereocenters. The summed E-state index contributed by atoms with van der Waals surface area (Å²) in [5.41, 5.74) is -1.60. The molecular weight excluding hydrogens is 465 g/mol. The number of aliphatic carboxylic acids is 1. The number of carboxylic acid groups (broad SMARTS) is 1. The van der Waals surface area contributed by atoms with Gasteiger partial charge in [-0.05, 0) is 73.0 Å². The molecule has 0 amide bonds. The molecule has 0 aliphatic carbocycles. The highest BCUT2D eigenvalue weighted by atomic mass is 35.5. The van der Waals surface area contributed by atoms with E-state index >= 15 is 0 Å². The first-order chi connectivity index (χ1) is 15.1. The topological polar surface area (TPSA) is 110 Å². The third-order valence-corrected chi connectivity index (χ3v) is 7.49. The Labute approximate surface area is 189 Å². The number of carbonyl (C=O) groups is 2. The first-order valence-corrected chi connectivity index (χ1v) is 11.5. The van der Waals surface area contributed by atoms with Crippen molar-refractivity contribution in [2.45, 2.75) is 29.7 Å². The average Bonchev–Trinajstić information content (AvgIpc) is 2.76. The third kappa shape index (κ3) is 5.26. The minimum absolute atomic E-state index is 0.0138. The highest BCUT2D eigenvalue weighted by molar-refractivity contribution is 7.89. The molecule has 0 spiro atoms. The normalized spacial score (nSPS) is 16.0.